The fourth-order valence-corrected chi connectivity index (χ4v) is 2.37. The largest absolute Gasteiger partial charge is 0.309 e. The van der Waals surface area contributed by atoms with E-state index in [9.17, 15) is 8.42 Å². The summed E-state index contributed by atoms with van der Waals surface area (Å²) in [6, 6.07) is 8.59. The van der Waals surface area contributed by atoms with Crippen molar-refractivity contribution in [2.75, 3.05) is 26.4 Å². The van der Waals surface area contributed by atoms with Crippen LogP contribution in [-0.4, -0.2) is 39.7 Å². The van der Waals surface area contributed by atoms with Gasteiger partial charge >= 0.3 is 0 Å². The molecule has 0 unspecified atom stereocenters. The predicted molar refractivity (Wildman–Crippen MR) is 96.2 cm³/mol. The van der Waals surface area contributed by atoms with E-state index in [1.807, 2.05) is 25.1 Å². The van der Waals surface area contributed by atoms with E-state index < -0.39 is 10.0 Å². The van der Waals surface area contributed by atoms with Crippen molar-refractivity contribution in [2.45, 2.75) is 26.7 Å². The lowest BCUT2D eigenvalue weighted by Crippen LogP contribution is -2.21. The highest BCUT2D eigenvalue weighted by Crippen LogP contribution is 2.09. The Hall–Kier alpha value is -1.17. The summed E-state index contributed by atoms with van der Waals surface area (Å²) in [6.07, 6.45) is 3.64. The molecule has 126 valence electrons. The monoisotopic (exact) mass is 326 g/mol. The lowest BCUT2D eigenvalue weighted by Gasteiger charge is -2.07. The standard InChI is InChI=1S/C12H16.C5H14N2O2S/c1-4-11-5-7-12(8-6-11)9-10(2)3;1-7(2)4-3-5-10(6,8)9/h4-8,10H,1,9H2,2-3H3;3-5H2,1-2H3,(H2,6,8,9). The fourth-order valence-electron chi connectivity index (χ4n) is 1.84. The maximum Gasteiger partial charge on any atom is 0.209 e. The lowest BCUT2D eigenvalue weighted by atomic mass is 10.0. The average molecular weight is 327 g/mol. The van der Waals surface area contributed by atoms with E-state index in [4.69, 9.17) is 5.14 Å². The van der Waals surface area contributed by atoms with Gasteiger partial charge in [-0.15, -0.1) is 0 Å². The molecule has 0 aliphatic heterocycles. The van der Waals surface area contributed by atoms with E-state index in [0.717, 1.165) is 18.9 Å². The molecule has 0 amide bonds. The molecule has 4 nitrogen and oxygen atoms in total. The maximum atomic E-state index is 10.4. The Bertz CT molecular complexity index is 520. The molecule has 0 atom stereocenters. The second kappa shape index (κ2) is 10.5. The van der Waals surface area contributed by atoms with Gasteiger partial charge in [-0.05, 0) is 50.5 Å². The van der Waals surface area contributed by atoms with Gasteiger partial charge in [-0.25, -0.2) is 13.6 Å². The van der Waals surface area contributed by atoms with Gasteiger partial charge in [0, 0.05) is 0 Å². The summed E-state index contributed by atoms with van der Waals surface area (Å²) in [7, 11) is 0.538. The molecular formula is C17H30N2O2S. The van der Waals surface area contributed by atoms with Crippen molar-refractivity contribution >= 4 is 16.1 Å². The number of benzene rings is 1. The number of rotatable bonds is 7. The Balaban J connectivity index is 0.000000409. The van der Waals surface area contributed by atoms with Crippen LogP contribution in [0.5, 0.6) is 0 Å². The molecule has 1 aromatic carbocycles. The van der Waals surface area contributed by atoms with E-state index in [1.54, 1.807) is 0 Å². The summed E-state index contributed by atoms with van der Waals surface area (Å²) in [5, 5.41) is 4.78. The molecule has 0 spiro atoms. The summed E-state index contributed by atoms with van der Waals surface area (Å²) < 4.78 is 20.7. The number of primary sulfonamides is 1. The highest BCUT2D eigenvalue weighted by Gasteiger charge is 2.01. The van der Waals surface area contributed by atoms with E-state index in [1.165, 1.54) is 11.1 Å². The van der Waals surface area contributed by atoms with Gasteiger partial charge < -0.3 is 4.90 Å². The average Bonchev–Trinajstić information content (AvgIpc) is 2.37. The zero-order valence-corrected chi connectivity index (χ0v) is 15.1. The number of hydrogen-bond acceptors (Lipinski definition) is 3. The molecule has 22 heavy (non-hydrogen) atoms. The van der Waals surface area contributed by atoms with Crippen LogP contribution in [0.2, 0.25) is 0 Å². The molecule has 0 radical (unpaired) electrons. The fraction of sp³-hybridized carbons (Fsp3) is 0.529. The molecule has 0 saturated carbocycles. The Morgan fingerprint density at radius 2 is 1.77 bits per heavy atom. The Kier molecular flexibility index (Phi) is 9.98. The Labute approximate surface area is 136 Å². The van der Waals surface area contributed by atoms with Crippen molar-refractivity contribution in [1.82, 2.24) is 4.90 Å². The van der Waals surface area contributed by atoms with Gasteiger partial charge in [0.15, 0.2) is 0 Å². The molecule has 0 fully saturated rings. The molecule has 0 heterocycles. The normalized spacial score (nSPS) is 11.2. The minimum Gasteiger partial charge on any atom is -0.309 e. The van der Waals surface area contributed by atoms with Gasteiger partial charge in [-0.3, -0.25) is 0 Å². The van der Waals surface area contributed by atoms with Crippen molar-refractivity contribution in [3.05, 3.63) is 42.0 Å². The van der Waals surface area contributed by atoms with Gasteiger partial charge in [0.05, 0.1) is 5.75 Å². The minimum absolute atomic E-state index is 0.0746. The SMILES string of the molecule is C=Cc1ccc(CC(C)C)cc1.CN(C)CCCS(N)(=O)=O. The number of nitrogens with two attached hydrogens (primary N) is 1. The summed E-state index contributed by atoms with van der Waals surface area (Å²) in [4.78, 5) is 1.92. The van der Waals surface area contributed by atoms with Crippen LogP contribution in [0.25, 0.3) is 6.08 Å². The van der Waals surface area contributed by atoms with Crippen LogP contribution in [0.1, 0.15) is 31.4 Å². The quantitative estimate of drug-likeness (QED) is 0.838. The molecule has 1 aromatic rings. The second-order valence-electron chi connectivity index (χ2n) is 6.07. The van der Waals surface area contributed by atoms with Gasteiger partial charge in [-0.1, -0.05) is 50.8 Å². The molecule has 0 aliphatic rings. The summed E-state index contributed by atoms with van der Waals surface area (Å²) in [5.74, 6) is 0.810. The third-order valence-corrected chi connectivity index (χ3v) is 3.75. The van der Waals surface area contributed by atoms with Crippen molar-refractivity contribution < 1.29 is 8.42 Å². The number of sulfonamides is 1. The van der Waals surface area contributed by atoms with E-state index >= 15 is 0 Å². The number of hydrogen-bond donors (Lipinski definition) is 1. The predicted octanol–water partition coefficient (Wildman–Crippen LogP) is 2.75. The van der Waals surface area contributed by atoms with Crippen LogP contribution in [0.4, 0.5) is 0 Å². The summed E-state index contributed by atoms with van der Waals surface area (Å²) in [5.41, 5.74) is 2.61. The second-order valence-corrected chi connectivity index (χ2v) is 7.80. The third kappa shape index (κ3) is 12.6. The minimum atomic E-state index is -3.25. The van der Waals surface area contributed by atoms with Crippen LogP contribution in [-0.2, 0) is 16.4 Å². The molecule has 0 aromatic heterocycles. The van der Waals surface area contributed by atoms with Crippen molar-refractivity contribution in [3.63, 3.8) is 0 Å². The lowest BCUT2D eigenvalue weighted by molar-refractivity contribution is 0.408. The molecule has 5 heteroatoms. The van der Waals surface area contributed by atoms with E-state index in [-0.39, 0.29) is 5.75 Å². The van der Waals surface area contributed by atoms with E-state index in [0.29, 0.717) is 6.42 Å². The van der Waals surface area contributed by atoms with Crippen LogP contribution >= 0.6 is 0 Å². The van der Waals surface area contributed by atoms with Gasteiger partial charge in [0.1, 0.15) is 0 Å². The van der Waals surface area contributed by atoms with Crippen LogP contribution in [0.15, 0.2) is 30.8 Å². The third-order valence-electron chi connectivity index (χ3n) is 2.89. The molecule has 0 bridgehead atoms. The zero-order chi connectivity index (χ0) is 17.2. The van der Waals surface area contributed by atoms with Crippen molar-refractivity contribution in [1.29, 1.82) is 0 Å². The molecule has 2 N–H and O–H groups in total. The first-order valence-electron chi connectivity index (χ1n) is 7.50. The molecule has 0 aliphatic carbocycles. The van der Waals surface area contributed by atoms with Crippen molar-refractivity contribution in [2.24, 2.45) is 11.1 Å². The first kappa shape index (κ1) is 20.8. The van der Waals surface area contributed by atoms with Crippen LogP contribution in [0.3, 0.4) is 0 Å². The number of nitrogens with zero attached hydrogens (tertiary/aromatic N) is 1. The van der Waals surface area contributed by atoms with Gasteiger partial charge in [0.25, 0.3) is 0 Å². The summed E-state index contributed by atoms with van der Waals surface area (Å²) in [6.45, 7) is 8.96. The first-order chi connectivity index (χ1) is 10.1. The smallest absolute Gasteiger partial charge is 0.209 e. The highest BCUT2D eigenvalue weighted by atomic mass is 32.2. The highest BCUT2D eigenvalue weighted by molar-refractivity contribution is 7.89. The van der Waals surface area contributed by atoms with Crippen molar-refractivity contribution in [3.8, 4) is 0 Å². The van der Waals surface area contributed by atoms with Crippen LogP contribution < -0.4 is 5.14 Å². The maximum absolute atomic E-state index is 10.4. The molecule has 0 saturated heterocycles. The Morgan fingerprint density at radius 3 is 2.14 bits per heavy atom. The van der Waals surface area contributed by atoms with Gasteiger partial charge in [0.2, 0.25) is 10.0 Å². The topological polar surface area (TPSA) is 63.4 Å². The van der Waals surface area contributed by atoms with E-state index in [2.05, 4.69) is 44.7 Å². The van der Waals surface area contributed by atoms with Crippen LogP contribution in [0, 0.1) is 5.92 Å². The first-order valence-corrected chi connectivity index (χ1v) is 9.22. The summed E-state index contributed by atoms with van der Waals surface area (Å²) >= 11 is 0. The molecular weight excluding hydrogens is 296 g/mol. The zero-order valence-electron chi connectivity index (χ0n) is 14.2. The van der Waals surface area contributed by atoms with Gasteiger partial charge in [-0.2, -0.15) is 0 Å². The Morgan fingerprint density at radius 1 is 1.23 bits per heavy atom. The molecule has 1 rings (SSSR count).